The lowest BCUT2D eigenvalue weighted by Gasteiger charge is -2.16. The number of benzene rings is 1. The molecule has 2 rings (SSSR count). The normalized spacial score (nSPS) is 12.9. The minimum absolute atomic E-state index is 0.161. The summed E-state index contributed by atoms with van der Waals surface area (Å²) in [7, 11) is -0.986. The lowest BCUT2D eigenvalue weighted by Crippen LogP contribution is -2.14. The number of hydrogen-bond acceptors (Lipinski definition) is 7. The van der Waals surface area contributed by atoms with Crippen LogP contribution in [0.5, 0.6) is 0 Å². The Morgan fingerprint density at radius 2 is 1.74 bits per heavy atom. The van der Waals surface area contributed by atoms with E-state index >= 15 is 0 Å². The third-order valence-electron chi connectivity index (χ3n) is 4.37. The summed E-state index contributed by atoms with van der Waals surface area (Å²) in [5, 5.41) is 19.9. The first-order chi connectivity index (χ1) is 14.6. The molecule has 1 aromatic heterocycles. The van der Waals surface area contributed by atoms with Gasteiger partial charge in [0.15, 0.2) is 0 Å². The van der Waals surface area contributed by atoms with Crippen LogP contribution in [0, 0.1) is 12.7 Å². The summed E-state index contributed by atoms with van der Waals surface area (Å²) in [6.07, 6.45) is 3.04. The van der Waals surface area contributed by atoms with E-state index in [9.17, 15) is 23.0 Å². The zero-order chi connectivity index (χ0) is 23.6. The van der Waals surface area contributed by atoms with Gasteiger partial charge in [0, 0.05) is 24.6 Å². The molecule has 7 nitrogen and oxygen atoms in total. The van der Waals surface area contributed by atoms with Crippen LogP contribution in [0.25, 0.3) is 17.3 Å². The van der Waals surface area contributed by atoms with Gasteiger partial charge in [0.1, 0.15) is 11.6 Å². The molecular weight excluding hydrogens is 421 g/mol. The van der Waals surface area contributed by atoms with Crippen LogP contribution in [0.3, 0.4) is 0 Å². The van der Waals surface area contributed by atoms with Crippen molar-refractivity contribution in [1.29, 1.82) is 0 Å². The average Bonchev–Trinajstić information content (AvgIpc) is 2.73. The average molecular weight is 452 g/mol. The highest BCUT2D eigenvalue weighted by Gasteiger charge is 2.16. The highest BCUT2D eigenvalue weighted by Crippen LogP contribution is 2.29. The molecule has 0 bridgehead atoms. The zero-order valence-corrected chi connectivity index (χ0v) is 19.3. The number of hydrogen-bond donors (Lipinski definition) is 2. The van der Waals surface area contributed by atoms with Crippen LogP contribution in [0.4, 0.5) is 4.39 Å². The van der Waals surface area contributed by atoms with Crippen LogP contribution in [0.15, 0.2) is 34.7 Å². The maximum absolute atomic E-state index is 13.3. The van der Waals surface area contributed by atoms with Crippen molar-refractivity contribution in [2.75, 3.05) is 7.05 Å². The van der Waals surface area contributed by atoms with E-state index in [1.807, 2.05) is 27.7 Å². The minimum atomic E-state index is -2.20. The second-order valence-corrected chi connectivity index (χ2v) is 8.00. The fourth-order valence-corrected chi connectivity index (χ4v) is 2.77. The SMILES string of the molecule is CCC(O)CC(O)/C=C/c1c(-c2ccc(F)cc2)nc(C)nc1C(C)C.CN=S(=O)=O. The number of aliphatic hydroxyl groups excluding tert-OH is 2. The van der Waals surface area contributed by atoms with Crippen LogP contribution in [-0.4, -0.2) is 47.9 Å². The summed E-state index contributed by atoms with van der Waals surface area (Å²) in [5.41, 5.74) is 3.18. The molecule has 0 aliphatic rings. The van der Waals surface area contributed by atoms with Gasteiger partial charge in [-0.3, -0.25) is 0 Å². The first-order valence-electron chi connectivity index (χ1n) is 9.96. The van der Waals surface area contributed by atoms with E-state index in [4.69, 9.17) is 0 Å². The van der Waals surface area contributed by atoms with E-state index in [0.717, 1.165) is 16.8 Å². The molecule has 0 radical (unpaired) electrons. The van der Waals surface area contributed by atoms with Crippen molar-refractivity contribution in [2.24, 2.45) is 4.36 Å². The first kappa shape index (κ1) is 26.5. The molecule has 0 fully saturated rings. The van der Waals surface area contributed by atoms with Gasteiger partial charge >= 0.3 is 10.5 Å². The lowest BCUT2D eigenvalue weighted by molar-refractivity contribution is 0.102. The number of nitrogens with zero attached hydrogens (tertiary/aromatic N) is 3. The van der Waals surface area contributed by atoms with Crippen LogP contribution < -0.4 is 0 Å². The van der Waals surface area contributed by atoms with Crippen LogP contribution >= 0.6 is 0 Å². The minimum Gasteiger partial charge on any atom is -0.393 e. The van der Waals surface area contributed by atoms with Gasteiger partial charge in [0.05, 0.1) is 23.6 Å². The topological polar surface area (TPSA) is 113 Å². The molecule has 9 heteroatoms. The Hall–Kier alpha value is -2.49. The van der Waals surface area contributed by atoms with Gasteiger partial charge in [-0.25, -0.2) is 14.4 Å². The van der Waals surface area contributed by atoms with Gasteiger partial charge < -0.3 is 10.2 Å². The molecule has 1 aromatic carbocycles. The van der Waals surface area contributed by atoms with Crippen molar-refractivity contribution in [1.82, 2.24) is 9.97 Å². The molecular formula is C22H30FN3O4S. The monoisotopic (exact) mass is 451 g/mol. The van der Waals surface area contributed by atoms with Crippen molar-refractivity contribution in [3.8, 4) is 11.3 Å². The molecule has 0 saturated carbocycles. The molecule has 1 heterocycles. The molecule has 0 spiro atoms. The molecule has 0 aliphatic heterocycles. The highest BCUT2D eigenvalue weighted by molar-refractivity contribution is 7.61. The maximum Gasteiger partial charge on any atom is 0.310 e. The summed E-state index contributed by atoms with van der Waals surface area (Å²) in [4.78, 5) is 9.12. The van der Waals surface area contributed by atoms with Crippen molar-refractivity contribution in [3.05, 3.63) is 53.2 Å². The summed E-state index contributed by atoms with van der Waals surface area (Å²) >= 11 is 0. The molecule has 31 heavy (non-hydrogen) atoms. The Balaban J connectivity index is 0.000000861. The summed E-state index contributed by atoms with van der Waals surface area (Å²) in [6, 6.07) is 6.19. The number of aromatic nitrogens is 2. The van der Waals surface area contributed by atoms with Gasteiger partial charge in [-0.2, -0.15) is 12.8 Å². The lowest BCUT2D eigenvalue weighted by atomic mass is 9.97. The number of halogens is 1. The second-order valence-electron chi connectivity index (χ2n) is 7.20. The number of aliphatic hydroxyl groups is 2. The van der Waals surface area contributed by atoms with Gasteiger partial charge in [-0.05, 0) is 43.5 Å². The van der Waals surface area contributed by atoms with Gasteiger partial charge in [0.2, 0.25) is 0 Å². The number of aryl methyl sites for hydroxylation is 1. The van der Waals surface area contributed by atoms with Crippen molar-refractivity contribution >= 4 is 16.6 Å². The highest BCUT2D eigenvalue weighted by atomic mass is 32.2. The Labute approximate surface area is 184 Å². The molecule has 0 saturated heterocycles. The summed E-state index contributed by atoms with van der Waals surface area (Å²) < 4.78 is 34.5. The number of rotatable bonds is 7. The van der Waals surface area contributed by atoms with Gasteiger partial charge in [-0.1, -0.05) is 32.9 Å². The molecule has 2 N–H and O–H groups in total. The molecule has 2 unspecified atom stereocenters. The first-order valence-corrected chi connectivity index (χ1v) is 11.0. The third-order valence-corrected chi connectivity index (χ3v) is 4.67. The van der Waals surface area contributed by atoms with E-state index < -0.39 is 22.7 Å². The summed E-state index contributed by atoms with van der Waals surface area (Å²) in [5.74, 6) is 0.505. The molecule has 2 atom stereocenters. The van der Waals surface area contributed by atoms with Crippen molar-refractivity contribution in [2.45, 2.75) is 58.7 Å². The Morgan fingerprint density at radius 1 is 1.16 bits per heavy atom. The van der Waals surface area contributed by atoms with E-state index in [0.29, 0.717) is 17.9 Å². The molecule has 170 valence electrons. The Bertz CT molecular complexity index is 998. The maximum atomic E-state index is 13.3. The fourth-order valence-electron chi connectivity index (χ4n) is 2.77. The quantitative estimate of drug-likeness (QED) is 0.660. The molecule has 2 aromatic rings. The fraction of sp³-hybridized carbons (Fsp3) is 0.455. The zero-order valence-electron chi connectivity index (χ0n) is 18.4. The Kier molecular flexibility index (Phi) is 11.2. The molecule has 0 aliphatic carbocycles. The van der Waals surface area contributed by atoms with Crippen LogP contribution in [-0.2, 0) is 10.5 Å². The van der Waals surface area contributed by atoms with Gasteiger partial charge in [0.25, 0.3) is 0 Å². The van der Waals surface area contributed by atoms with E-state index in [1.54, 1.807) is 24.3 Å². The van der Waals surface area contributed by atoms with E-state index in [1.165, 1.54) is 19.2 Å². The Morgan fingerprint density at radius 3 is 2.23 bits per heavy atom. The van der Waals surface area contributed by atoms with Crippen LogP contribution in [0.2, 0.25) is 0 Å². The van der Waals surface area contributed by atoms with E-state index in [-0.39, 0.29) is 18.2 Å². The second kappa shape index (κ2) is 13.0. The largest absolute Gasteiger partial charge is 0.393 e. The standard InChI is InChI=1S/C21H27FN2O2.CH3NO2S/c1-5-17(25)12-18(26)10-11-19-20(13(2)3)23-14(4)24-21(19)15-6-8-16(22)9-7-15;1-2-5(3)4/h6-11,13,17-18,25-26H,5,12H2,1-4H3;1H3/b11-10+;. The summed E-state index contributed by atoms with van der Waals surface area (Å²) in [6.45, 7) is 7.80. The third kappa shape index (κ3) is 9.04. The molecule has 0 amide bonds. The van der Waals surface area contributed by atoms with Crippen molar-refractivity contribution < 1.29 is 23.0 Å². The predicted octanol–water partition coefficient (Wildman–Crippen LogP) is 3.93. The smallest absolute Gasteiger partial charge is 0.310 e. The van der Waals surface area contributed by atoms with Crippen molar-refractivity contribution in [3.63, 3.8) is 0 Å². The van der Waals surface area contributed by atoms with Crippen LogP contribution in [0.1, 0.15) is 56.6 Å². The van der Waals surface area contributed by atoms with Gasteiger partial charge in [-0.15, -0.1) is 0 Å². The predicted molar refractivity (Wildman–Crippen MR) is 119 cm³/mol. The van der Waals surface area contributed by atoms with E-state index in [2.05, 4.69) is 14.3 Å².